The topological polar surface area (TPSA) is 63.2 Å². The van der Waals surface area contributed by atoms with Gasteiger partial charge in [0.1, 0.15) is 11.9 Å². The number of carbonyl (C=O) groups excluding carboxylic acids is 1. The third-order valence-corrected chi connectivity index (χ3v) is 3.44. The van der Waals surface area contributed by atoms with Crippen molar-refractivity contribution in [3.05, 3.63) is 12.2 Å². The molecular formula is C14H23N3O3. The molecule has 0 unspecified atom stereocenters. The van der Waals surface area contributed by atoms with Crippen LogP contribution in [0.4, 0.5) is 4.79 Å². The predicted molar refractivity (Wildman–Crippen MR) is 77.0 cm³/mol. The zero-order valence-electron chi connectivity index (χ0n) is 12.1. The summed E-state index contributed by atoms with van der Waals surface area (Å²) >= 11 is 0. The van der Waals surface area contributed by atoms with Crippen molar-refractivity contribution in [2.75, 3.05) is 39.4 Å². The van der Waals surface area contributed by atoms with Gasteiger partial charge >= 0.3 is 6.09 Å². The molecule has 0 aromatic rings. The zero-order chi connectivity index (χ0) is 14.4. The number of ether oxygens (including phenoxy) is 2. The minimum Gasteiger partial charge on any atom is -0.444 e. The number of nitrogens with zero attached hydrogens (tertiary/aromatic N) is 2. The van der Waals surface area contributed by atoms with Crippen LogP contribution in [0.3, 0.4) is 0 Å². The van der Waals surface area contributed by atoms with Crippen molar-refractivity contribution in [3.63, 3.8) is 0 Å². The van der Waals surface area contributed by atoms with Gasteiger partial charge in [-0.25, -0.2) is 4.79 Å². The molecule has 20 heavy (non-hydrogen) atoms. The van der Waals surface area contributed by atoms with Crippen LogP contribution >= 0.6 is 0 Å². The van der Waals surface area contributed by atoms with Crippen LogP contribution in [0.1, 0.15) is 19.8 Å². The summed E-state index contributed by atoms with van der Waals surface area (Å²) in [5, 5.41) is 3.24. The average molecular weight is 281 g/mol. The quantitative estimate of drug-likeness (QED) is 0.608. The predicted octanol–water partition coefficient (Wildman–Crippen LogP) is 1.18. The van der Waals surface area contributed by atoms with E-state index in [1.54, 1.807) is 0 Å². The number of morpholine rings is 1. The van der Waals surface area contributed by atoms with Gasteiger partial charge in [-0.1, -0.05) is 6.58 Å². The minimum absolute atomic E-state index is 0.0245. The van der Waals surface area contributed by atoms with Gasteiger partial charge in [0.15, 0.2) is 0 Å². The number of nitrogens with one attached hydrogen (secondary N) is 1. The first-order valence-corrected chi connectivity index (χ1v) is 7.15. The fraction of sp³-hybridized carbons (Fsp3) is 0.714. The maximum absolute atomic E-state index is 11.9. The third-order valence-electron chi connectivity index (χ3n) is 3.44. The van der Waals surface area contributed by atoms with E-state index < -0.39 is 6.09 Å². The van der Waals surface area contributed by atoms with Crippen molar-refractivity contribution in [1.82, 2.24) is 10.2 Å². The van der Waals surface area contributed by atoms with Gasteiger partial charge in [0.25, 0.3) is 0 Å². The van der Waals surface area contributed by atoms with Crippen LogP contribution in [0.5, 0.6) is 0 Å². The highest BCUT2D eigenvalue weighted by molar-refractivity contribution is 6.02. The van der Waals surface area contributed by atoms with Crippen LogP contribution in [0.15, 0.2) is 17.1 Å². The van der Waals surface area contributed by atoms with E-state index in [1.807, 2.05) is 11.8 Å². The molecule has 0 aliphatic carbocycles. The summed E-state index contributed by atoms with van der Waals surface area (Å²) in [4.78, 5) is 18.1. The molecule has 2 fully saturated rings. The summed E-state index contributed by atoms with van der Waals surface area (Å²) in [6.07, 6.45) is 1.16. The molecule has 0 bridgehead atoms. The van der Waals surface area contributed by atoms with E-state index in [9.17, 15) is 4.79 Å². The van der Waals surface area contributed by atoms with Gasteiger partial charge in [0, 0.05) is 13.1 Å². The van der Waals surface area contributed by atoms with Gasteiger partial charge in [0.2, 0.25) is 0 Å². The molecule has 2 aliphatic heterocycles. The summed E-state index contributed by atoms with van der Waals surface area (Å²) < 4.78 is 10.7. The van der Waals surface area contributed by atoms with E-state index >= 15 is 0 Å². The fourth-order valence-corrected chi connectivity index (χ4v) is 2.38. The van der Waals surface area contributed by atoms with E-state index in [4.69, 9.17) is 9.47 Å². The van der Waals surface area contributed by atoms with Crippen LogP contribution in [0.2, 0.25) is 0 Å². The molecule has 0 aromatic heterocycles. The standard InChI is InChI=1S/C14H23N3O3/c1-11(2)13(17-7-9-19-10-8-17)16-14(18)20-12-3-5-15-6-4-12/h12,15H,1,3-10H2,2H3/b16-13-. The number of amidine groups is 1. The van der Waals surface area contributed by atoms with E-state index in [0.29, 0.717) is 19.0 Å². The van der Waals surface area contributed by atoms with Crippen LogP contribution in [-0.2, 0) is 9.47 Å². The van der Waals surface area contributed by atoms with Gasteiger partial charge in [-0.15, -0.1) is 0 Å². The molecule has 2 saturated heterocycles. The highest BCUT2D eigenvalue weighted by Gasteiger charge is 2.20. The van der Waals surface area contributed by atoms with Gasteiger partial charge in [0.05, 0.1) is 13.2 Å². The second-order valence-electron chi connectivity index (χ2n) is 5.15. The fourth-order valence-electron chi connectivity index (χ4n) is 2.38. The molecule has 2 aliphatic rings. The normalized spacial score (nSPS) is 21.6. The Kier molecular flexibility index (Phi) is 5.55. The van der Waals surface area contributed by atoms with E-state index in [0.717, 1.165) is 44.6 Å². The molecule has 0 radical (unpaired) electrons. The second kappa shape index (κ2) is 7.40. The lowest BCUT2D eigenvalue weighted by molar-refractivity contribution is 0.0670. The lowest BCUT2D eigenvalue weighted by Crippen LogP contribution is -2.41. The van der Waals surface area contributed by atoms with Gasteiger partial charge in [-0.2, -0.15) is 4.99 Å². The smallest absolute Gasteiger partial charge is 0.435 e. The second-order valence-corrected chi connectivity index (χ2v) is 5.15. The Hall–Kier alpha value is -1.40. The average Bonchev–Trinajstić information content (AvgIpc) is 2.46. The summed E-state index contributed by atoms with van der Waals surface area (Å²) in [5.74, 6) is 0.618. The Morgan fingerprint density at radius 2 is 2.00 bits per heavy atom. The molecule has 1 N–H and O–H groups in total. The molecule has 2 heterocycles. The maximum Gasteiger partial charge on any atom is 0.435 e. The van der Waals surface area contributed by atoms with Crippen molar-refractivity contribution >= 4 is 11.9 Å². The first kappa shape index (κ1) is 15.0. The zero-order valence-corrected chi connectivity index (χ0v) is 12.1. The van der Waals surface area contributed by atoms with Crippen LogP contribution < -0.4 is 5.32 Å². The molecular weight excluding hydrogens is 258 g/mol. The number of carbonyl (C=O) groups is 1. The molecule has 1 amide bonds. The minimum atomic E-state index is -0.513. The summed E-state index contributed by atoms with van der Waals surface area (Å²) in [5.41, 5.74) is 0.772. The van der Waals surface area contributed by atoms with Crippen molar-refractivity contribution in [2.24, 2.45) is 4.99 Å². The van der Waals surface area contributed by atoms with Crippen LogP contribution in [0, 0.1) is 0 Å². The Morgan fingerprint density at radius 3 is 2.60 bits per heavy atom. The molecule has 0 spiro atoms. The lowest BCUT2D eigenvalue weighted by atomic mass is 10.1. The molecule has 0 aromatic carbocycles. The van der Waals surface area contributed by atoms with Crippen LogP contribution in [-0.4, -0.2) is 62.3 Å². The first-order chi connectivity index (χ1) is 9.66. The van der Waals surface area contributed by atoms with Gasteiger partial charge < -0.3 is 19.7 Å². The lowest BCUT2D eigenvalue weighted by Gasteiger charge is -2.30. The Morgan fingerprint density at radius 1 is 1.35 bits per heavy atom. The van der Waals surface area contributed by atoms with Crippen molar-refractivity contribution in [2.45, 2.75) is 25.9 Å². The monoisotopic (exact) mass is 281 g/mol. The molecule has 2 rings (SSSR count). The van der Waals surface area contributed by atoms with Crippen molar-refractivity contribution in [1.29, 1.82) is 0 Å². The summed E-state index contributed by atoms with van der Waals surface area (Å²) in [6.45, 7) is 10.3. The molecule has 0 saturated carbocycles. The van der Waals surface area contributed by atoms with E-state index in [-0.39, 0.29) is 6.10 Å². The maximum atomic E-state index is 11.9. The van der Waals surface area contributed by atoms with Gasteiger partial charge in [-0.05, 0) is 38.4 Å². The molecule has 6 heteroatoms. The highest BCUT2D eigenvalue weighted by atomic mass is 16.6. The number of piperidine rings is 1. The SMILES string of the molecule is C=C(C)/C(=N/C(=O)OC1CCNCC1)N1CCOCC1. The Bertz CT molecular complexity index is 383. The number of hydrogen-bond donors (Lipinski definition) is 1. The Balaban J connectivity index is 1.96. The van der Waals surface area contributed by atoms with Gasteiger partial charge in [-0.3, -0.25) is 0 Å². The first-order valence-electron chi connectivity index (χ1n) is 7.15. The van der Waals surface area contributed by atoms with E-state index in [2.05, 4.69) is 16.9 Å². The molecule has 112 valence electrons. The highest BCUT2D eigenvalue weighted by Crippen LogP contribution is 2.10. The van der Waals surface area contributed by atoms with Crippen molar-refractivity contribution in [3.8, 4) is 0 Å². The summed E-state index contributed by atoms with van der Waals surface area (Å²) in [7, 11) is 0. The largest absolute Gasteiger partial charge is 0.444 e. The molecule has 6 nitrogen and oxygen atoms in total. The molecule has 0 atom stereocenters. The van der Waals surface area contributed by atoms with Crippen molar-refractivity contribution < 1.29 is 14.3 Å². The third kappa shape index (κ3) is 4.31. The number of rotatable bonds is 2. The number of aliphatic imine (C=N–C) groups is 1. The number of hydrogen-bond acceptors (Lipinski definition) is 4. The van der Waals surface area contributed by atoms with Crippen LogP contribution in [0.25, 0.3) is 0 Å². The van der Waals surface area contributed by atoms with E-state index in [1.165, 1.54) is 0 Å². The summed E-state index contributed by atoms with van der Waals surface area (Å²) in [6, 6.07) is 0. The Labute approximate surface area is 119 Å². The number of amides is 1.